The van der Waals surface area contributed by atoms with E-state index in [-0.39, 0.29) is 23.6 Å². The summed E-state index contributed by atoms with van der Waals surface area (Å²) in [6.45, 7) is -3.28. The number of halogens is 1. The fourth-order valence-electron chi connectivity index (χ4n) is 1.16. The topological polar surface area (TPSA) is 89.6 Å². The van der Waals surface area contributed by atoms with Crippen molar-refractivity contribution >= 4 is 29.0 Å². The molecule has 0 aliphatic carbocycles. The summed E-state index contributed by atoms with van der Waals surface area (Å²) in [6.07, 6.45) is -0.270. The molecular weight excluding hydrogens is 253 g/mol. The maximum atomic E-state index is 12.0. The second-order valence-electron chi connectivity index (χ2n) is 3.10. The van der Waals surface area contributed by atoms with Gasteiger partial charge in [0.15, 0.2) is 0 Å². The quantitative estimate of drug-likeness (QED) is 0.632. The first-order chi connectivity index (χ1) is 7.47. The number of aromatic hydroxyl groups is 1. The SMILES string of the molecule is NOC(=O)CC[P@](=O)(Cl)c1ccccc1O. The summed E-state index contributed by atoms with van der Waals surface area (Å²) in [7, 11) is 0. The van der Waals surface area contributed by atoms with Crippen LogP contribution in [0.25, 0.3) is 0 Å². The number of phenols is 1. The van der Waals surface area contributed by atoms with E-state index in [9.17, 15) is 14.5 Å². The van der Waals surface area contributed by atoms with E-state index < -0.39 is 12.5 Å². The Balaban J connectivity index is 2.82. The van der Waals surface area contributed by atoms with Crippen molar-refractivity contribution in [1.29, 1.82) is 0 Å². The first-order valence-electron chi connectivity index (χ1n) is 4.44. The number of nitrogens with two attached hydrogens (primary N) is 1. The maximum Gasteiger partial charge on any atom is 0.324 e. The molecule has 0 radical (unpaired) electrons. The first kappa shape index (κ1) is 13.0. The lowest BCUT2D eigenvalue weighted by molar-refractivity contribution is -0.143. The average Bonchev–Trinajstić information content (AvgIpc) is 2.26. The van der Waals surface area contributed by atoms with Crippen molar-refractivity contribution in [2.24, 2.45) is 5.90 Å². The zero-order valence-electron chi connectivity index (χ0n) is 8.30. The van der Waals surface area contributed by atoms with Crippen LogP contribution in [-0.2, 0) is 14.2 Å². The Morgan fingerprint density at radius 1 is 1.50 bits per heavy atom. The van der Waals surface area contributed by atoms with E-state index in [0.29, 0.717) is 0 Å². The van der Waals surface area contributed by atoms with E-state index in [1.165, 1.54) is 12.1 Å². The largest absolute Gasteiger partial charge is 0.507 e. The van der Waals surface area contributed by atoms with Crippen molar-refractivity contribution < 1.29 is 19.3 Å². The molecule has 0 heterocycles. The summed E-state index contributed by atoms with van der Waals surface area (Å²) in [5, 5.41) is 9.61. The normalized spacial score (nSPS) is 14.1. The van der Waals surface area contributed by atoms with E-state index in [0.717, 1.165) is 0 Å². The molecule has 0 aromatic heterocycles. The fraction of sp³-hybridized carbons (Fsp3) is 0.222. The Labute approximate surface area is 97.3 Å². The maximum absolute atomic E-state index is 12.0. The Morgan fingerprint density at radius 2 is 2.12 bits per heavy atom. The molecule has 5 nitrogen and oxygen atoms in total. The highest BCUT2D eigenvalue weighted by Crippen LogP contribution is 2.52. The number of carbonyl (C=O) groups is 1. The van der Waals surface area contributed by atoms with E-state index in [2.05, 4.69) is 10.7 Å². The van der Waals surface area contributed by atoms with Crippen LogP contribution < -0.4 is 11.2 Å². The summed E-state index contributed by atoms with van der Waals surface area (Å²) < 4.78 is 12.0. The van der Waals surface area contributed by atoms with Gasteiger partial charge in [-0.25, -0.2) is 0 Å². The predicted molar refractivity (Wildman–Crippen MR) is 61.0 cm³/mol. The fourth-order valence-corrected chi connectivity index (χ4v) is 3.28. The van der Waals surface area contributed by atoms with Crippen LogP contribution in [0, 0.1) is 0 Å². The molecule has 0 saturated heterocycles. The van der Waals surface area contributed by atoms with Gasteiger partial charge in [-0.1, -0.05) is 12.1 Å². The summed E-state index contributed by atoms with van der Waals surface area (Å²) in [4.78, 5) is 14.7. The standard InChI is InChI=1S/C9H11ClNO4P/c10-16(14,6-5-9(13)15-11)8-4-2-1-3-7(8)12/h1-4,12H,5-6,11H2/t16-/m1/s1. The average molecular weight is 264 g/mol. The van der Waals surface area contributed by atoms with E-state index in [1.54, 1.807) is 12.1 Å². The molecule has 1 rings (SSSR count). The third-order valence-electron chi connectivity index (χ3n) is 1.98. The van der Waals surface area contributed by atoms with Crippen molar-refractivity contribution in [1.82, 2.24) is 0 Å². The summed E-state index contributed by atoms with van der Waals surface area (Å²) >= 11 is 5.81. The minimum Gasteiger partial charge on any atom is -0.507 e. The van der Waals surface area contributed by atoms with Gasteiger partial charge in [-0.3, -0.25) is 4.79 Å². The Bertz CT molecular complexity index is 437. The molecule has 0 aliphatic rings. The number of hydrogen-bond acceptors (Lipinski definition) is 5. The van der Waals surface area contributed by atoms with Crippen LogP contribution >= 0.6 is 17.7 Å². The molecule has 3 N–H and O–H groups in total. The molecule has 0 amide bonds. The van der Waals surface area contributed by atoms with Crippen molar-refractivity contribution in [3.8, 4) is 5.75 Å². The monoisotopic (exact) mass is 263 g/mol. The predicted octanol–water partition coefficient (Wildman–Crippen LogP) is 1.34. The van der Waals surface area contributed by atoms with Crippen LogP contribution in [0.4, 0.5) is 0 Å². The molecule has 1 aromatic rings. The molecule has 0 fully saturated rings. The third-order valence-corrected chi connectivity index (χ3v) is 4.93. The lowest BCUT2D eigenvalue weighted by atomic mass is 10.3. The smallest absolute Gasteiger partial charge is 0.324 e. The van der Waals surface area contributed by atoms with Gasteiger partial charge in [0.2, 0.25) is 6.49 Å². The molecular formula is C9H11ClNO4P. The van der Waals surface area contributed by atoms with Crippen molar-refractivity contribution in [3.63, 3.8) is 0 Å². The Morgan fingerprint density at radius 3 is 2.69 bits per heavy atom. The van der Waals surface area contributed by atoms with Gasteiger partial charge in [0.1, 0.15) is 5.75 Å². The van der Waals surface area contributed by atoms with Crippen LogP contribution in [0.5, 0.6) is 5.75 Å². The van der Waals surface area contributed by atoms with Gasteiger partial charge in [0, 0.05) is 6.16 Å². The third kappa shape index (κ3) is 3.23. The molecule has 0 bridgehead atoms. The van der Waals surface area contributed by atoms with Gasteiger partial charge in [0.25, 0.3) is 0 Å². The minimum atomic E-state index is -3.28. The first-order valence-corrected chi connectivity index (χ1v) is 7.24. The number of phenolic OH excluding ortho intramolecular Hbond substituents is 1. The molecule has 0 saturated carbocycles. The number of para-hydroxylation sites is 1. The molecule has 0 spiro atoms. The zero-order chi connectivity index (χ0) is 12.2. The van der Waals surface area contributed by atoms with Gasteiger partial charge in [0.05, 0.1) is 11.7 Å². The van der Waals surface area contributed by atoms with Crippen molar-refractivity contribution in [3.05, 3.63) is 24.3 Å². The molecule has 88 valence electrons. The molecule has 0 aliphatic heterocycles. The Kier molecular flexibility index (Phi) is 4.35. The zero-order valence-corrected chi connectivity index (χ0v) is 9.95. The summed E-state index contributed by atoms with van der Waals surface area (Å²) in [5.41, 5.74) is 0. The molecule has 1 aromatic carbocycles. The van der Waals surface area contributed by atoms with Crippen LogP contribution in [0.2, 0.25) is 0 Å². The second-order valence-corrected chi connectivity index (χ2v) is 6.97. The van der Waals surface area contributed by atoms with Crippen LogP contribution in [0.3, 0.4) is 0 Å². The molecule has 1 atom stereocenters. The number of hydrogen-bond donors (Lipinski definition) is 2. The highest BCUT2D eigenvalue weighted by Gasteiger charge is 2.25. The van der Waals surface area contributed by atoms with Gasteiger partial charge >= 0.3 is 5.97 Å². The molecule has 16 heavy (non-hydrogen) atoms. The van der Waals surface area contributed by atoms with Gasteiger partial charge in [-0.15, -0.1) is 0 Å². The van der Waals surface area contributed by atoms with Crippen molar-refractivity contribution in [2.75, 3.05) is 6.16 Å². The van der Waals surface area contributed by atoms with E-state index in [1.807, 2.05) is 0 Å². The lowest BCUT2D eigenvalue weighted by Gasteiger charge is -2.11. The highest BCUT2D eigenvalue weighted by atomic mass is 35.7. The molecule has 7 heteroatoms. The number of rotatable bonds is 4. The summed E-state index contributed by atoms with van der Waals surface area (Å²) in [5.74, 6) is 3.79. The van der Waals surface area contributed by atoms with Crippen LogP contribution in [-0.4, -0.2) is 17.2 Å². The molecule has 0 unspecified atom stereocenters. The Hall–Kier alpha value is -1.03. The second kappa shape index (κ2) is 5.34. The van der Waals surface area contributed by atoms with Crippen molar-refractivity contribution in [2.45, 2.75) is 6.42 Å². The highest BCUT2D eigenvalue weighted by molar-refractivity contribution is 7.95. The van der Waals surface area contributed by atoms with Gasteiger partial charge in [-0.2, -0.15) is 5.90 Å². The van der Waals surface area contributed by atoms with Crippen LogP contribution in [0.1, 0.15) is 6.42 Å². The van der Waals surface area contributed by atoms with Crippen LogP contribution in [0.15, 0.2) is 24.3 Å². The number of carbonyl (C=O) groups excluding carboxylic acids is 1. The summed E-state index contributed by atoms with van der Waals surface area (Å²) in [6, 6.07) is 6.03. The van der Waals surface area contributed by atoms with Gasteiger partial charge < -0.3 is 14.5 Å². The van der Waals surface area contributed by atoms with Gasteiger partial charge in [-0.05, 0) is 23.4 Å². The lowest BCUT2D eigenvalue weighted by Crippen LogP contribution is -2.13. The van der Waals surface area contributed by atoms with E-state index in [4.69, 9.17) is 11.2 Å². The number of benzene rings is 1. The van der Waals surface area contributed by atoms with E-state index >= 15 is 0 Å². The minimum absolute atomic E-state index is 0.109.